The van der Waals surface area contributed by atoms with Gasteiger partial charge in [0.05, 0.1) is 0 Å². The van der Waals surface area contributed by atoms with Crippen LogP contribution in [0.3, 0.4) is 0 Å². The Morgan fingerprint density at radius 2 is 1.91 bits per heavy atom. The van der Waals surface area contributed by atoms with Crippen molar-refractivity contribution in [1.82, 2.24) is 4.90 Å². The number of hydrogen-bond acceptors (Lipinski definition) is 6. The highest BCUT2D eigenvalue weighted by molar-refractivity contribution is 9.10. The molecule has 1 saturated heterocycles. The van der Waals surface area contributed by atoms with Gasteiger partial charge in [-0.25, -0.2) is 9.59 Å². The summed E-state index contributed by atoms with van der Waals surface area (Å²) in [4.78, 5) is 40.0. The molecule has 1 aliphatic heterocycles. The first kappa shape index (κ1) is 22.8. The van der Waals surface area contributed by atoms with E-state index < -0.39 is 36.1 Å². The normalized spacial score (nSPS) is 23.1. The highest BCUT2D eigenvalue weighted by Crippen LogP contribution is 2.41. The lowest BCUT2D eigenvalue weighted by Crippen LogP contribution is -2.48. The number of rotatable bonds is 4. The molecule has 2 aliphatic rings. The number of fused-ring (bicyclic) bond motifs is 2. The third-order valence-electron chi connectivity index (χ3n) is 6.06. The molecule has 1 aromatic heterocycles. The molecular formula is C24H28BrNO6. The predicted octanol–water partition coefficient (Wildman–Crippen LogP) is 5.49. The van der Waals surface area contributed by atoms with Gasteiger partial charge in [0.2, 0.25) is 5.78 Å². The number of amides is 1. The molecule has 0 bridgehead atoms. The minimum atomic E-state index is -0.739. The molecule has 2 fully saturated rings. The van der Waals surface area contributed by atoms with Crippen molar-refractivity contribution in [2.75, 3.05) is 6.61 Å². The zero-order valence-electron chi connectivity index (χ0n) is 18.6. The lowest BCUT2D eigenvalue weighted by atomic mass is 9.85. The number of Topliss-reactive ketones (excluding diaryl/α,β-unsaturated/α-hetero) is 1. The van der Waals surface area contributed by atoms with Gasteiger partial charge < -0.3 is 13.9 Å². The lowest BCUT2D eigenvalue weighted by molar-refractivity contribution is -0.148. The molecule has 0 N–H and O–H groups in total. The van der Waals surface area contributed by atoms with Gasteiger partial charge in [-0.2, -0.15) is 0 Å². The van der Waals surface area contributed by atoms with Gasteiger partial charge in [-0.05, 0) is 70.2 Å². The van der Waals surface area contributed by atoms with Gasteiger partial charge in [-0.15, -0.1) is 0 Å². The number of carbonyl (C=O) groups excluding carboxylic acids is 3. The quantitative estimate of drug-likeness (QED) is 0.403. The van der Waals surface area contributed by atoms with Gasteiger partial charge in [0, 0.05) is 15.9 Å². The molecule has 1 amide bonds. The molecule has 4 rings (SSSR count). The molecule has 0 spiro atoms. The number of hydrogen-bond donors (Lipinski definition) is 0. The van der Waals surface area contributed by atoms with E-state index in [0.717, 1.165) is 35.5 Å². The van der Waals surface area contributed by atoms with Crippen molar-refractivity contribution in [3.8, 4) is 0 Å². The Bertz CT molecular complexity index is 1040. The van der Waals surface area contributed by atoms with Crippen LogP contribution in [0.25, 0.3) is 11.0 Å². The molecule has 8 heteroatoms. The summed E-state index contributed by atoms with van der Waals surface area (Å²) in [7, 11) is 0. The van der Waals surface area contributed by atoms with Crippen LogP contribution in [-0.4, -0.2) is 47.0 Å². The average molecular weight is 506 g/mol. The van der Waals surface area contributed by atoms with Crippen molar-refractivity contribution in [2.24, 2.45) is 5.92 Å². The Morgan fingerprint density at radius 1 is 1.16 bits per heavy atom. The third kappa shape index (κ3) is 4.85. The van der Waals surface area contributed by atoms with Crippen molar-refractivity contribution in [3.05, 3.63) is 34.5 Å². The van der Waals surface area contributed by atoms with E-state index >= 15 is 0 Å². The SMILES string of the molecule is CC(C)(C)OC(=O)N1C2CCCCC2C[C@H]1C(=O)OCC(=O)c1cc2cc(Br)ccc2o1. The van der Waals surface area contributed by atoms with Crippen LogP contribution in [0.5, 0.6) is 0 Å². The highest BCUT2D eigenvalue weighted by atomic mass is 79.9. The van der Waals surface area contributed by atoms with Gasteiger partial charge in [0.15, 0.2) is 12.4 Å². The Kier molecular flexibility index (Phi) is 6.34. The van der Waals surface area contributed by atoms with Crippen molar-refractivity contribution >= 4 is 44.7 Å². The summed E-state index contributed by atoms with van der Waals surface area (Å²) in [6.45, 7) is 4.97. The first-order valence-corrected chi connectivity index (χ1v) is 11.8. The fourth-order valence-corrected chi connectivity index (χ4v) is 5.08. The summed E-state index contributed by atoms with van der Waals surface area (Å²) < 4.78 is 17.4. The summed E-state index contributed by atoms with van der Waals surface area (Å²) in [5.74, 6) is -0.615. The fraction of sp³-hybridized carbons (Fsp3) is 0.542. The van der Waals surface area contributed by atoms with Crippen LogP contribution in [0, 0.1) is 5.92 Å². The maximum atomic E-state index is 13.0. The number of nitrogens with zero attached hydrogens (tertiary/aromatic N) is 1. The maximum Gasteiger partial charge on any atom is 0.411 e. The van der Waals surface area contributed by atoms with E-state index in [1.54, 1.807) is 37.8 Å². The molecule has 2 unspecified atom stereocenters. The average Bonchev–Trinajstić information content (AvgIpc) is 3.31. The zero-order valence-corrected chi connectivity index (χ0v) is 20.1. The molecule has 172 valence electrons. The first-order valence-electron chi connectivity index (χ1n) is 11.0. The molecule has 0 radical (unpaired) electrons. The third-order valence-corrected chi connectivity index (χ3v) is 6.56. The number of benzene rings is 1. The van der Waals surface area contributed by atoms with Crippen molar-refractivity contribution in [3.63, 3.8) is 0 Å². The van der Waals surface area contributed by atoms with Crippen LogP contribution in [0.2, 0.25) is 0 Å². The number of ether oxygens (including phenoxy) is 2. The fourth-order valence-electron chi connectivity index (χ4n) is 4.70. The van der Waals surface area contributed by atoms with Crippen LogP contribution in [0.4, 0.5) is 4.79 Å². The van der Waals surface area contributed by atoms with E-state index in [1.165, 1.54) is 0 Å². The molecule has 7 nitrogen and oxygen atoms in total. The van der Waals surface area contributed by atoms with Crippen molar-refractivity contribution in [1.29, 1.82) is 0 Å². The van der Waals surface area contributed by atoms with E-state index in [0.29, 0.717) is 12.0 Å². The minimum Gasteiger partial charge on any atom is -0.456 e. The maximum absolute atomic E-state index is 13.0. The minimum absolute atomic E-state index is 0.0272. The lowest BCUT2D eigenvalue weighted by Gasteiger charge is -2.34. The molecule has 2 heterocycles. The van der Waals surface area contributed by atoms with Gasteiger partial charge in [-0.3, -0.25) is 9.69 Å². The molecule has 1 aliphatic carbocycles. The Labute approximate surface area is 195 Å². The summed E-state index contributed by atoms with van der Waals surface area (Å²) in [6, 6.07) is 6.30. The molecule has 32 heavy (non-hydrogen) atoms. The second-order valence-electron chi connectivity index (χ2n) is 9.57. The van der Waals surface area contributed by atoms with Gasteiger partial charge in [-0.1, -0.05) is 28.8 Å². The second-order valence-corrected chi connectivity index (χ2v) is 10.5. The van der Waals surface area contributed by atoms with E-state index in [1.807, 2.05) is 12.1 Å². The van der Waals surface area contributed by atoms with E-state index in [4.69, 9.17) is 13.9 Å². The number of esters is 1. The Morgan fingerprint density at radius 3 is 2.66 bits per heavy atom. The van der Waals surface area contributed by atoms with Gasteiger partial charge >= 0.3 is 12.1 Å². The van der Waals surface area contributed by atoms with Gasteiger partial charge in [0.1, 0.15) is 17.2 Å². The Balaban J connectivity index is 1.45. The molecule has 3 atom stereocenters. The van der Waals surface area contributed by atoms with Gasteiger partial charge in [0.25, 0.3) is 0 Å². The van der Waals surface area contributed by atoms with Crippen LogP contribution < -0.4 is 0 Å². The van der Waals surface area contributed by atoms with E-state index in [2.05, 4.69) is 15.9 Å². The first-order chi connectivity index (χ1) is 15.1. The molecule has 1 saturated carbocycles. The van der Waals surface area contributed by atoms with Crippen LogP contribution in [-0.2, 0) is 14.3 Å². The molecule has 2 aromatic rings. The number of carbonyl (C=O) groups is 3. The zero-order chi connectivity index (χ0) is 23.0. The van der Waals surface area contributed by atoms with E-state index in [-0.39, 0.29) is 17.7 Å². The number of likely N-dealkylation sites (tertiary alicyclic amines) is 1. The van der Waals surface area contributed by atoms with Crippen LogP contribution in [0.1, 0.15) is 63.4 Å². The second kappa shape index (κ2) is 8.89. The molecular weight excluding hydrogens is 478 g/mol. The monoisotopic (exact) mass is 505 g/mol. The summed E-state index contributed by atoms with van der Waals surface area (Å²) in [5.41, 5.74) is -0.0799. The summed E-state index contributed by atoms with van der Waals surface area (Å²) in [5, 5.41) is 0.782. The number of halogens is 1. The van der Waals surface area contributed by atoms with E-state index in [9.17, 15) is 14.4 Å². The summed E-state index contributed by atoms with van der Waals surface area (Å²) in [6.07, 6.45) is 3.97. The largest absolute Gasteiger partial charge is 0.456 e. The topological polar surface area (TPSA) is 86.0 Å². The standard InChI is InChI=1S/C24H28BrNO6/c1-24(2,3)32-23(29)26-17-7-5-4-6-14(17)11-18(26)22(28)30-13-19(27)21-12-15-10-16(25)8-9-20(15)31-21/h8-10,12,14,17-18H,4-7,11,13H2,1-3H3/t14?,17?,18-/m0/s1. The highest BCUT2D eigenvalue weighted by Gasteiger charge is 2.49. The number of furan rings is 1. The van der Waals surface area contributed by atoms with Crippen molar-refractivity contribution in [2.45, 2.75) is 70.6 Å². The van der Waals surface area contributed by atoms with Crippen molar-refractivity contribution < 1.29 is 28.3 Å². The Hall–Kier alpha value is -2.35. The van der Waals surface area contributed by atoms with Crippen LogP contribution >= 0.6 is 15.9 Å². The smallest absolute Gasteiger partial charge is 0.411 e. The number of ketones is 1. The predicted molar refractivity (Wildman–Crippen MR) is 121 cm³/mol. The molecule has 1 aromatic carbocycles. The summed E-state index contributed by atoms with van der Waals surface area (Å²) >= 11 is 3.39. The van der Waals surface area contributed by atoms with Crippen LogP contribution in [0.15, 0.2) is 33.2 Å².